The van der Waals surface area contributed by atoms with Crippen molar-refractivity contribution in [2.24, 2.45) is 5.73 Å². The van der Waals surface area contributed by atoms with Crippen LogP contribution < -0.4 is 5.73 Å². The number of carbonyl (C=O) groups excluding carboxylic acids is 1. The van der Waals surface area contributed by atoms with Crippen molar-refractivity contribution in [3.8, 4) is 0 Å². The molecular weight excluding hydrogens is 108 g/mol. The molecule has 0 spiro atoms. The van der Waals surface area contributed by atoms with Gasteiger partial charge in [0, 0.05) is 20.0 Å². The van der Waals surface area contributed by atoms with Gasteiger partial charge in [-0.15, -0.1) is 0 Å². The Morgan fingerprint density at radius 2 is 2.38 bits per heavy atom. The second kappa shape index (κ2) is 3.40. The molecule has 0 aliphatic carbocycles. The highest BCUT2D eigenvalue weighted by atomic mass is 16.5. The second-order valence-electron chi connectivity index (χ2n) is 1.46. The van der Waals surface area contributed by atoms with Gasteiger partial charge in [0.05, 0.1) is 0 Å². The van der Waals surface area contributed by atoms with Crippen LogP contribution in [-0.4, -0.2) is 29.8 Å². The van der Waals surface area contributed by atoms with Crippen LogP contribution in [0.5, 0.6) is 0 Å². The highest BCUT2D eigenvalue weighted by molar-refractivity contribution is 5.74. The van der Waals surface area contributed by atoms with Gasteiger partial charge in [0.15, 0.2) is 0 Å². The molecule has 0 unspecified atom stereocenters. The maximum Gasteiger partial charge on any atom is 0.246 e. The average Bonchev–Trinajstić information content (AvgIpc) is 1.67. The zero-order valence-corrected chi connectivity index (χ0v) is 4.79. The number of nitrogens with two attached hydrogens (primary N) is 1. The van der Waals surface area contributed by atoms with Crippen LogP contribution in [0, 0.1) is 0 Å². The molecule has 0 aliphatic rings. The van der Waals surface area contributed by atoms with Crippen LogP contribution in [0.25, 0.3) is 0 Å². The molecule has 48 valence electrons. The minimum absolute atomic E-state index is 0.201. The lowest BCUT2D eigenvalue weighted by Crippen LogP contribution is -2.24. The third-order valence-corrected chi connectivity index (χ3v) is 0.719. The fraction of sp³-hybridized carbons (Fsp3) is 0.750. The average molecular weight is 118 g/mol. The Labute approximate surface area is 47.8 Å². The highest BCUT2D eigenvalue weighted by Gasteiger charge is 2.00. The molecule has 0 aromatic heterocycles. The predicted molar refractivity (Wildman–Crippen MR) is 28.2 cm³/mol. The fourth-order valence-corrected chi connectivity index (χ4v) is 0.285. The van der Waals surface area contributed by atoms with E-state index < -0.39 is 0 Å². The number of amides is 1. The molecule has 4 nitrogen and oxygen atoms in total. The Balaban J connectivity index is 3.33. The maximum atomic E-state index is 10.3. The summed E-state index contributed by atoms with van der Waals surface area (Å²) >= 11 is 0. The zero-order chi connectivity index (χ0) is 6.57. The Bertz CT molecular complexity index is 82.1. The van der Waals surface area contributed by atoms with E-state index in [1.807, 2.05) is 0 Å². The van der Waals surface area contributed by atoms with Gasteiger partial charge in [0.25, 0.3) is 0 Å². The van der Waals surface area contributed by atoms with Crippen molar-refractivity contribution < 1.29 is 10.0 Å². The first-order chi connectivity index (χ1) is 3.68. The number of rotatable bonds is 2. The molecule has 0 aliphatic heterocycles. The van der Waals surface area contributed by atoms with Gasteiger partial charge in [-0.05, 0) is 0 Å². The van der Waals surface area contributed by atoms with Crippen LogP contribution in [0.2, 0.25) is 0 Å². The largest absolute Gasteiger partial charge is 0.330 e. The van der Waals surface area contributed by atoms with E-state index in [1.54, 1.807) is 0 Å². The molecule has 0 fully saturated rings. The lowest BCUT2D eigenvalue weighted by molar-refractivity contribution is -0.158. The van der Waals surface area contributed by atoms with Gasteiger partial charge in [0.2, 0.25) is 5.91 Å². The first kappa shape index (κ1) is 7.39. The Morgan fingerprint density at radius 1 is 1.88 bits per heavy atom. The summed E-state index contributed by atoms with van der Waals surface area (Å²) in [5.41, 5.74) is 5.01. The molecule has 0 rings (SSSR count). The minimum atomic E-state index is -0.354. The number of nitrogens with zero attached hydrogens (tertiary/aromatic N) is 1. The summed E-state index contributed by atoms with van der Waals surface area (Å²) < 4.78 is 0. The molecule has 3 N–H and O–H groups in total. The van der Waals surface area contributed by atoms with E-state index in [-0.39, 0.29) is 18.9 Å². The predicted octanol–water partition coefficient (Wildman–Crippen LogP) is -0.817. The van der Waals surface area contributed by atoms with Gasteiger partial charge in [-0.3, -0.25) is 10.0 Å². The summed E-state index contributed by atoms with van der Waals surface area (Å²) in [5.74, 6) is -0.354. The normalized spacial score (nSPS) is 8.88. The van der Waals surface area contributed by atoms with E-state index in [1.165, 1.54) is 7.05 Å². The molecule has 0 aromatic carbocycles. The molecule has 0 saturated heterocycles. The summed E-state index contributed by atoms with van der Waals surface area (Å²) in [4.78, 5) is 10.3. The third-order valence-electron chi connectivity index (χ3n) is 0.719. The standard InChI is InChI=1S/C4H10N2O2/c1-6(8)4(7)2-3-5/h8H,2-3,5H2,1H3. The van der Waals surface area contributed by atoms with E-state index in [2.05, 4.69) is 0 Å². The molecule has 0 atom stereocenters. The Hall–Kier alpha value is -0.610. The number of hydrogen-bond donors (Lipinski definition) is 2. The molecule has 0 bridgehead atoms. The summed E-state index contributed by atoms with van der Waals surface area (Å²) in [7, 11) is 1.28. The van der Waals surface area contributed by atoms with E-state index in [9.17, 15) is 4.79 Å². The lowest BCUT2D eigenvalue weighted by Gasteiger charge is -2.05. The molecule has 0 heterocycles. The second-order valence-corrected chi connectivity index (χ2v) is 1.46. The van der Waals surface area contributed by atoms with Gasteiger partial charge in [-0.25, -0.2) is 5.06 Å². The SMILES string of the molecule is CN(O)C(=O)CCN. The number of hydroxylamine groups is 2. The van der Waals surface area contributed by atoms with Crippen LogP contribution in [-0.2, 0) is 4.79 Å². The third kappa shape index (κ3) is 2.54. The first-order valence-electron chi connectivity index (χ1n) is 2.34. The molecule has 4 heteroatoms. The summed E-state index contributed by atoms with van der Waals surface area (Å²) in [5, 5.41) is 8.91. The topological polar surface area (TPSA) is 66.6 Å². The highest BCUT2D eigenvalue weighted by Crippen LogP contribution is 1.81. The molecule has 8 heavy (non-hydrogen) atoms. The van der Waals surface area contributed by atoms with Gasteiger partial charge in [-0.2, -0.15) is 0 Å². The van der Waals surface area contributed by atoms with Crippen molar-refractivity contribution in [1.29, 1.82) is 0 Å². The Morgan fingerprint density at radius 3 is 2.50 bits per heavy atom. The monoisotopic (exact) mass is 118 g/mol. The molecular formula is C4H10N2O2. The molecule has 0 saturated carbocycles. The van der Waals surface area contributed by atoms with Crippen molar-refractivity contribution in [3.05, 3.63) is 0 Å². The smallest absolute Gasteiger partial charge is 0.246 e. The molecule has 0 aromatic rings. The van der Waals surface area contributed by atoms with Gasteiger partial charge < -0.3 is 5.73 Å². The summed E-state index contributed by atoms with van der Waals surface area (Å²) in [6.45, 7) is 0.281. The van der Waals surface area contributed by atoms with Crippen molar-refractivity contribution in [1.82, 2.24) is 5.06 Å². The van der Waals surface area contributed by atoms with E-state index in [0.717, 1.165) is 0 Å². The zero-order valence-electron chi connectivity index (χ0n) is 4.79. The number of hydrogen-bond acceptors (Lipinski definition) is 3. The maximum absolute atomic E-state index is 10.3. The van der Waals surface area contributed by atoms with E-state index >= 15 is 0 Å². The van der Waals surface area contributed by atoms with Crippen LogP contribution in [0.3, 0.4) is 0 Å². The first-order valence-corrected chi connectivity index (χ1v) is 2.34. The van der Waals surface area contributed by atoms with E-state index in [0.29, 0.717) is 5.06 Å². The van der Waals surface area contributed by atoms with E-state index in [4.69, 9.17) is 10.9 Å². The van der Waals surface area contributed by atoms with Crippen molar-refractivity contribution in [3.63, 3.8) is 0 Å². The van der Waals surface area contributed by atoms with Crippen LogP contribution in [0.1, 0.15) is 6.42 Å². The van der Waals surface area contributed by atoms with Crippen LogP contribution in [0.15, 0.2) is 0 Å². The molecule has 1 amide bonds. The summed E-state index contributed by atoms with van der Waals surface area (Å²) in [6, 6.07) is 0. The van der Waals surface area contributed by atoms with Gasteiger partial charge in [-0.1, -0.05) is 0 Å². The van der Waals surface area contributed by atoms with Gasteiger partial charge in [0.1, 0.15) is 0 Å². The van der Waals surface area contributed by atoms with Crippen LogP contribution >= 0.6 is 0 Å². The van der Waals surface area contributed by atoms with Crippen molar-refractivity contribution >= 4 is 5.91 Å². The van der Waals surface area contributed by atoms with Crippen molar-refractivity contribution in [2.45, 2.75) is 6.42 Å². The van der Waals surface area contributed by atoms with Crippen molar-refractivity contribution in [2.75, 3.05) is 13.6 Å². The quantitative estimate of drug-likeness (QED) is 0.368. The molecule has 0 radical (unpaired) electrons. The fourth-order valence-electron chi connectivity index (χ4n) is 0.285. The lowest BCUT2D eigenvalue weighted by atomic mass is 10.4. The van der Waals surface area contributed by atoms with Crippen LogP contribution in [0.4, 0.5) is 0 Å². The van der Waals surface area contributed by atoms with Gasteiger partial charge >= 0.3 is 0 Å². The minimum Gasteiger partial charge on any atom is -0.330 e. The Kier molecular flexibility index (Phi) is 3.14. The number of carbonyl (C=O) groups is 1. The summed E-state index contributed by atoms with van der Waals surface area (Å²) in [6.07, 6.45) is 0.201.